The van der Waals surface area contributed by atoms with Crippen LogP contribution in [0.5, 0.6) is 0 Å². The maximum Gasteiger partial charge on any atom is -0.0139 e. The molecule has 0 bridgehead atoms. The highest BCUT2D eigenvalue weighted by Crippen LogP contribution is 2.32. The van der Waals surface area contributed by atoms with Crippen LogP contribution in [0, 0.1) is 23.7 Å². The van der Waals surface area contributed by atoms with Crippen LogP contribution in [0.15, 0.2) is 71.9 Å². The lowest BCUT2D eigenvalue weighted by molar-refractivity contribution is 0.264. The fraction of sp³-hybridized carbons (Fsp3) is 0.657. The first-order valence-electron chi connectivity index (χ1n) is 14.7. The van der Waals surface area contributed by atoms with Gasteiger partial charge in [0.1, 0.15) is 0 Å². The third-order valence-corrected chi connectivity index (χ3v) is 8.26. The smallest absolute Gasteiger partial charge is 0.0139 e. The Balaban J connectivity index is 2.24. The lowest BCUT2D eigenvalue weighted by Crippen LogP contribution is -2.12. The van der Waals surface area contributed by atoms with Crippen LogP contribution in [0.1, 0.15) is 125 Å². The number of hydrogen-bond acceptors (Lipinski definition) is 0. The van der Waals surface area contributed by atoms with Crippen molar-refractivity contribution in [3.63, 3.8) is 0 Å². The minimum Gasteiger partial charge on any atom is -0.0996 e. The molecule has 1 rings (SSSR count). The van der Waals surface area contributed by atoms with E-state index < -0.39 is 0 Å². The molecule has 0 radical (unpaired) electrons. The molecule has 0 amide bonds. The molecule has 1 fully saturated rings. The number of allylic oxidation sites excluding steroid dienone is 10. The van der Waals surface area contributed by atoms with Crippen molar-refractivity contribution in [1.29, 1.82) is 0 Å². The molecule has 1 saturated carbocycles. The van der Waals surface area contributed by atoms with Crippen molar-refractivity contribution >= 4 is 0 Å². The molecule has 0 nitrogen and oxygen atoms in total. The summed E-state index contributed by atoms with van der Waals surface area (Å²) < 4.78 is 0. The van der Waals surface area contributed by atoms with Crippen LogP contribution in [-0.2, 0) is 0 Å². The Kier molecular flexibility index (Phi) is 16.8. The minimum atomic E-state index is 0.568. The summed E-state index contributed by atoms with van der Waals surface area (Å²) in [6, 6.07) is 0. The van der Waals surface area contributed by atoms with E-state index >= 15 is 0 Å². The van der Waals surface area contributed by atoms with Gasteiger partial charge in [0.05, 0.1) is 0 Å². The highest BCUT2D eigenvalue weighted by molar-refractivity contribution is 5.16. The first-order valence-corrected chi connectivity index (χ1v) is 14.7. The largest absolute Gasteiger partial charge is 0.0996 e. The third kappa shape index (κ3) is 15.2. The van der Waals surface area contributed by atoms with Crippen LogP contribution in [0.3, 0.4) is 0 Å². The Labute approximate surface area is 220 Å². The van der Waals surface area contributed by atoms with Crippen LogP contribution in [-0.4, -0.2) is 0 Å². The summed E-state index contributed by atoms with van der Waals surface area (Å²) in [6.07, 6.45) is 30.1. The summed E-state index contributed by atoms with van der Waals surface area (Å²) in [6.45, 7) is 22.6. The van der Waals surface area contributed by atoms with Crippen LogP contribution in [0.2, 0.25) is 0 Å². The molecule has 0 aromatic rings. The summed E-state index contributed by atoms with van der Waals surface area (Å²) >= 11 is 0. The number of rotatable bonds is 17. The van der Waals surface area contributed by atoms with Crippen molar-refractivity contribution in [2.24, 2.45) is 23.7 Å². The van der Waals surface area contributed by atoms with Gasteiger partial charge in [0, 0.05) is 0 Å². The maximum atomic E-state index is 4.43. The lowest BCUT2D eigenvalue weighted by atomic mass is 9.80. The van der Waals surface area contributed by atoms with Crippen molar-refractivity contribution in [1.82, 2.24) is 0 Å². The zero-order valence-electron chi connectivity index (χ0n) is 24.4. The first-order chi connectivity index (χ1) is 16.7. The molecule has 0 saturated heterocycles. The van der Waals surface area contributed by atoms with Crippen LogP contribution < -0.4 is 0 Å². The lowest BCUT2D eigenvalue weighted by Gasteiger charge is -2.26. The molecule has 4 atom stereocenters. The third-order valence-electron chi connectivity index (χ3n) is 8.26. The van der Waals surface area contributed by atoms with Gasteiger partial charge in [0.2, 0.25) is 0 Å². The second-order valence-electron chi connectivity index (χ2n) is 11.7. The monoisotopic (exact) mass is 478 g/mol. The van der Waals surface area contributed by atoms with E-state index in [0.29, 0.717) is 11.8 Å². The zero-order valence-corrected chi connectivity index (χ0v) is 24.4. The maximum absolute atomic E-state index is 4.43. The number of unbranched alkanes of at least 4 members (excludes halogenated alkanes) is 1. The predicted octanol–water partition coefficient (Wildman–Crippen LogP) is 11.7. The fourth-order valence-corrected chi connectivity index (χ4v) is 5.12. The molecule has 35 heavy (non-hydrogen) atoms. The van der Waals surface area contributed by atoms with Crippen molar-refractivity contribution in [2.45, 2.75) is 125 Å². The summed E-state index contributed by atoms with van der Waals surface area (Å²) in [5.74, 6) is 3.09. The average molecular weight is 479 g/mol. The van der Waals surface area contributed by atoms with Gasteiger partial charge in [0.15, 0.2) is 0 Å². The average Bonchev–Trinajstić information content (AvgIpc) is 2.84. The standard InChI is InChI=1S/C35H58/c1-9-28(2)18-13-11-10-12-14-21-31(5)33(7)27-34(8)32(6)25-24-29(3)19-15-16-22-35-23-17-20-30(4)26-35/h10-13,18,25,30-31,34-35H,3,7,9,14-17,19-24,26-27H2,1-2,4-6,8H3/b12-10+,13-11+,28-18+,32-25+. The Hall–Kier alpha value is -1.56. The quantitative estimate of drug-likeness (QED) is 0.111. The summed E-state index contributed by atoms with van der Waals surface area (Å²) in [5, 5.41) is 0. The van der Waals surface area contributed by atoms with E-state index in [4.69, 9.17) is 0 Å². The highest BCUT2D eigenvalue weighted by Gasteiger charge is 2.18. The molecule has 0 aromatic heterocycles. The van der Waals surface area contributed by atoms with E-state index in [9.17, 15) is 0 Å². The van der Waals surface area contributed by atoms with E-state index in [1.807, 2.05) is 0 Å². The normalized spacial score (nSPS) is 21.5. The van der Waals surface area contributed by atoms with Gasteiger partial charge >= 0.3 is 0 Å². The summed E-state index contributed by atoms with van der Waals surface area (Å²) in [7, 11) is 0. The topological polar surface area (TPSA) is 0 Å². The minimum absolute atomic E-state index is 0.568. The molecule has 1 aliphatic carbocycles. The van der Waals surface area contributed by atoms with Gasteiger partial charge in [-0.25, -0.2) is 0 Å². The van der Waals surface area contributed by atoms with Gasteiger partial charge in [-0.05, 0) is 88.9 Å². The molecule has 1 aliphatic rings. The van der Waals surface area contributed by atoms with Crippen LogP contribution >= 0.6 is 0 Å². The predicted molar refractivity (Wildman–Crippen MR) is 161 cm³/mol. The summed E-state index contributed by atoms with van der Waals surface area (Å²) in [4.78, 5) is 0. The number of hydrogen-bond donors (Lipinski definition) is 0. The van der Waals surface area contributed by atoms with Crippen LogP contribution in [0.25, 0.3) is 0 Å². The van der Waals surface area contributed by atoms with Crippen molar-refractivity contribution in [3.8, 4) is 0 Å². The fourth-order valence-electron chi connectivity index (χ4n) is 5.12. The van der Waals surface area contributed by atoms with Gasteiger partial charge in [-0.3, -0.25) is 0 Å². The van der Waals surface area contributed by atoms with Gasteiger partial charge in [-0.2, -0.15) is 0 Å². The Morgan fingerprint density at radius 2 is 1.77 bits per heavy atom. The van der Waals surface area contributed by atoms with Gasteiger partial charge in [-0.15, -0.1) is 0 Å². The van der Waals surface area contributed by atoms with E-state index in [0.717, 1.165) is 37.5 Å². The SMILES string of the molecule is C=C(C/C=C(\C)C(C)CC(=C)C(C)CC/C=C/C=C/C=C(\C)CC)CCCCC1CCCC(C)C1. The zero-order chi connectivity index (χ0) is 26.1. The molecule has 198 valence electrons. The van der Waals surface area contributed by atoms with Gasteiger partial charge in [-0.1, -0.05) is 132 Å². The second-order valence-corrected chi connectivity index (χ2v) is 11.7. The Morgan fingerprint density at radius 1 is 1.00 bits per heavy atom. The highest BCUT2D eigenvalue weighted by atomic mass is 14.2. The molecule has 0 aliphatic heterocycles. The van der Waals surface area contributed by atoms with Crippen molar-refractivity contribution in [2.75, 3.05) is 0 Å². The first kappa shape index (κ1) is 31.5. The molecule has 4 unspecified atom stereocenters. The molecular weight excluding hydrogens is 420 g/mol. The Morgan fingerprint density at radius 3 is 2.49 bits per heavy atom. The molecule has 0 aromatic carbocycles. The van der Waals surface area contributed by atoms with E-state index in [2.05, 4.69) is 91.2 Å². The molecular formula is C35H58. The molecule has 0 spiro atoms. The molecule has 0 N–H and O–H groups in total. The Bertz CT molecular complexity index is 725. The van der Waals surface area contributed by atoms with Gasteiger partial charge in [0.25, 0.3) is 0 Å². The van der Waals surface area contributed by atoms with E-state index in [1.165, 1.54) is 80.1 Å². The second kappa shape index (κ2) is 18.7. The van der Waals surface area contributed by atoms with E-state index in [1.54, 1.807) is 0 Å². The van der Waals surface area contributed by atoms with Crippen molar-refractivity contribution < 1.29 is 0 Å². The molecule has 0 heteroatoms. The van der Waals surface area contributed by atoms with Gasteiger partial charge < -0.3 is 0 Å². The summed E-state index contributed by atoms with van der Waals surface area (Å²) in [5.41, 5.74) is 5.71. The molecule has 0 heterocycles. The van der Waals surface area contributed by atoms with Crippen LogP contribution in [0.4, 0.5) is 0 Å². The van der Waals surface area contributed by atoms with E-state index in [-0.39, 0.29) is 0 Å². The van der Waals surface area contributed by atoms with Crippen molar-refractivity contribution in [3.05, 3.63) is 71.9 Å².